The number of thiazole rings is 1. The highest BCUT2D eigenvalue weighted by atomic mass is 127. The third-order valence-corrected chi connectivity index (χ3v) is 10.3. The van der Waals surface area contributed by atoms with Gasteiger partial charge in [0.1, 0.15) is 18.1 Å². The van der Waals surface area contributed by atoms with Crippen LogP contribution in [0.5, 0.6) is 11.5 Å². The van der Waals surface area contributed by atoms with Crippen molar-refractivity contribution < 1.29 is 28.5 Å². The molecule has 6 rings (SSSR count). The van der Waals surface area contributed by atoms with Gasteiger partial charge in [-0.15, -0.1) is 0 Å². The summed E-state index contributed by atoms with van der Waals surface area (Å²) in [6, 6.07) is 26.9. The first-order valence-corrected chi connectivity index (χ1v) is 19.3. The molecule has 1 atom stereocenters. The van der Waals surface area contributed by atoms with Gasteiger partial charge in [-0.25, -0.2) is 14.6 Å². The topological polar surface area (TPSA) is 105 Å². The molecule has 12 heteroatoms. The summed E-state index contributed by atoms with van der Waals surface area (Å²) in [6.45, 7) is 6.61. The number of benzene rings is 4. The number of hydrogen-bond donors (Lipinski definition) is 0. The average Bonchev–Trinajstić information content (AvgIpc) is 3.45. The van der Waals surface area contributed by atoms with E-state index in [9.17, 15) is 14.4 Å². The van der Waals surface area contributed by atoms with Crippen LogP contribution in [0.15, 0.2) is 111 Å². The molecular weight excluding hydrogens is 859 g/mol. The number of carbonyl (C=O) groups is 2. The molecule has 0 aliphatic carbocycles. The van der Waals surface area contributed by atoms with Crippen molar-refractivity contribution >= 4 is 73.6 Å². The molecule has 0 unspecified atom stereocenters. The molecule has 1 aromatic heterocycles. The summed E-state index contributed by atoms with van der Waals surface area (Å²) in [5.41, 5.74) is 3.83. The summed E-state index contributed by atoms with van der Waals surface area (Å²) in [4.78, 5) is 45.8. The van der Waals surface area contributed by atoms with Gasteiger partial charge in [0, 0.05) is 15.6 Å². The zero-order chi connectivity index (χ0) is 36.8. The van der Waals surface area contributed by atoms with Crippen molar-refractivity contribution in [3.8, 4) is 11.5 Å². The monoisotopic (exact) mass is 892 g/mol. The van der Waals surface area contributed by atoms with E-state index in [2.05, 4.69) is 38.5 Å². The smallest absolute Gasteiger partial charge is 0.338 e. The van der Waals surface area contributed by atoms with Crippen LogP contribution in [0.2, 0.25) is 0 Å². The molecule has 0 radical (unpaired) electrons. The fraction of sp³-hybridized carbons (Fsp3) is 0.200. The number of fused-ring (bicyclic) bond motifs is 1. The number of aromatic nitrogens is 1. The normalized spacial score (nSPS) is 14.0. The van der Waals surface area contributed by atoms with Gasteiger partial charge < -0.3 is 18.9 Å². The molecule has 1 aliphatic rings. The van der Waals surface area contributed by atoms with Gasteiger partial charge in [0.05, 0.1) is 50.8 Å². The summed E-state index contributed by atoms with van der Waals surface area (Å²) in [5, 5.41) is 0. The Morgan fingerprint density at radius 3 is 2.25 bits per heavy atom. The molecular formula is C40H34BrIN2O7S. The van der Waals surface area contributed by atoms with Crippen LogP contribution in [0.1, 0.15) is 59.4 Å². The lowest BCUT2D eigenvalue weighted by Gasteiger charge is -2.26. The lowest BCUT2D eigenvalue weighted by molar-refractivity contribution is -0.138. The van der Waals surface area contributed by atoms with Gasteiger partial charge in [0.25, 0.3) is 5.56 Å². The lowest BCUT2D eigenvalue weighted by atomic mass is 9.93. The van der Waals surface area contributed by atoms with E-state index in [1.54, 1.807) is 36.6 Å². The second kappa shape index (κ2) is 16.9. The molecule has 0 amide bonds. The summed E-state index contributed by atoms with van der Waals surface area (Å²) < 4.78 is 26.4. The Balaban J connectivity index is 1.48. The summed E-state index contributed by atoms with van der Waals surface area (Å²) in [7, 11) is 0. The maximum absolute atomic E-state index is 14.5. The Kier molecular flexibility index (Phi) is 12.1. The number of hydrogen-bond acceptors (Lipinski definition) is 9. The fourth-order valence-corrected chi connectivity index (χ4v) is 8.45. The van der Waals surface area contributed by atoms with Gasteiger partial charge in [-0.05, 0) is 97.0 Å². The minimum atomic E-state index is -0.820. The molecule has 9 nitrogen and oxygen atoms in total. The molecule has 1 aliphatic heterocycles. The second-order valence-electron chi connectivity index (χ2n) is 11.4. The van der Waals surface area contributed by atoms with Crippen LogP contribution in [-0.4, -0.2) is 36.3 Å². The maximum atomic E-state index is 14.5. The largest absolute Gasteiger partial charge is 0.494 e. The number of ether oxygens (including phenoxy) is 4. The van der Waals surface area contributed by atoms with Crippen molar-refractivity contribution in [3.63, 3.8) is 0 Å². The van der Waals surface area contributed by atoms with E-state index in [0.29, 0.717) is 56.4 Å². The summed E-state index contributed by atoms with van der Waals surface area (Å²) in [6.07, 6.45) is 1.79. The Labute approximate surface area is 326 Å². The lowest BCUT2D eigenvalue weighted by Crippen LogP contribution is -2.40. The zero-order valence-electron chi connectivity index (χ0n) is 28.6. The molecule has 2 heterocycles. The highest BCUT2D eigenvalue weighted by Gasteiger charge is 2.35. The number of halogens is 2. The molecule has 0 saturated heterocycles. The molecule has 5 aromatic rings. The first-order valence-electron chi connectivity index (χ1n) is 16.6. The summed E-state index contributed by atoms with van der Waals surface area (Å²) >= 11 is 7.05. The van der Waals surface area contributed by atoms with E-state index in [1.165, 1.54) is 11.3 Å². The average molecular weight is 894 g/mol. The van der Waals surface area contributed by atoms with E-state index in [1.807, 2.05) is 85.8 Å². The molecule has 0 N–H and O–H groups in total. The van der Waals surface area contributed by atoms with Crippen LogP contribution in [0.3, 0.4) is 0 Å². The molecule has 0 saturated carbocycles. The molecule has 0 bridgehead atoms. The second-order valence-corrected chi connectivity index (χ2v) is 14.5. The SMILES string of the molecule is CCOC(=O)C1=C(c2ccccc2)N=c2s/c(=C\c3cc(Br)cc(I)c3OCc3ccc(C(=O)OCC)cc3)c(=O)n2[C@H]1c1ccc(OCC)cc1. The first kappa shape index (κ1) is 37.2. The molecule has 0 fully saturated rings. The van der Waals surface area contributed by atoms with Crippen molar-refractivity contribution in [2.24, 2.45) is 4.99 Å². The highest BCUT2D eigenvalue weighted by Crippen LogP contribution is 2.36. The van der Waals surface area contributed by atoms with Crippen LogP contribution < -0.4 is 24.4 Å². The number of nitrogens with zero attached hydrogens (tertiary/aromatic N) is 2. The zero-order valence-corrected chi connectivity index (χ0v) is 33.1. The third kappa shape index (κ3) is 8.08. The van der Waals surface area contributed by atoms with Gasteiger partial charge in [0.2, 0.25) is 0 Å². The van der Waals surface area contributed by atoms with Crippen LogP contribution in [0, 0.1) is 3.57 Å². The minimum Gasteiger partial charge on any atom is -0.494 e. The Bertz CT molecular complexity index is 2320. The highest BCUT2D eigenvalue weighted by molar-refractivity contribution is 14.1. The van der Waals surface area contributed by atoms with Crippen molar-refractivity contribution in [2.45, 2.75) is 33.4 Å². The van der Waals surface area contributed by atoms with Crippen molar-refractivity contribution in [1.29, 1.82) is 0 Å². The van der Waals surface area contributed by atoms with E-state index in [0.717, 1.165) is 19.2 Å². The fourth-order valence-electron chi connectivity index (χ4n) is 5.76. The predicted molar refractivity (Wildman–Crippen MR) is 212 cm³/mol. The van der Waals surface area contributed by atoms with Crippen molar-refractivity contribution in [1.82, 2.24) is 4.57 Å². The predicted octanol–water partition coefficient (Wildman–Crippen LogP) is 7.46. The van der Waals surface area contributed by atoms with Gasteiger partial charge in [-0.2, -0.15) is 0 Å². The van der Waals surface area contributed by atoms with Gasteiger partial charge in [-0.1, -0.05) is 81.9 Å². The standard InChI is InChI=1S/C40H34BrIN2O7S/c1-4-48-30-18-16-26(17-19-30)35-33(39(47)50-6-3)34(25-10-8-7-9-11-25)43-40-44(35)37(45)32(52-40)21-28-20-29(41)22-31(42)36(28)51-23-24-12-14-27(15-13-24)38(46)49-5-2/h7-22,35H,4-6,23H2,1-3H3/b32-21-/t35-/m0/s1. The van der Waals surface area contributed by atoms with Crippen LogP contribution in [0.25, 0.3) is 11.8 Å². The van der Waals surface area contributed by atoms with E-state index < -0.39 is 12.0 Å². The number of rotatable bonds is 12. The van der Waals surface area contributed by atoms with E-state index in [4.69, 9.17) is 23.9 Å². The molecule has 52 heavy (non-hydrogen) atoms. The Morgan fingerprint density at radius 2 is 1.58 bits per heavy atom. The molecule has 266 valence electrons. The molecule has 0 spiro atoms. The van der Waals surface area contributed by atoms with Gasteiger partial charge in [-0.3, -0.25) is 9.36 Å². The van der Waals surface area contributed by atoms with Gasteiger partial charge >= 0.3 is 11.9 Å². The summed E-state index contributed by atoms with van der Waals surface area (Å²) in [5.74, 6) is 0.335. The van der Waals surface area contributed by atoms with Gasteiger partial charge in [0.15, 0.2) is 4.80 Å². The van der Waals surface area contributed by atoms with E-state index >= 15 is 0 Å². The Hall–Kier alpha value is -4.53. The number of carbonyl (C=O) groups excluding carboxylic acids is 2. The minimum absolute atomic E-state index is 0.157. The van der Waals surface area contributed by atoms with Crippen molar-refractivity contribution in [2.75, 3.05) is 19.8 Å². The first-order chi connectivity index (χ1) is 25.2. The third-order valence-electron chi connectivity index (χ3n) is 8.05. The molecule has 4 aromatic carbocycles. The van der Waals surface area contributed by atoms with Crippen LogP contribution >= 0.6 is 49.9 Å². The van der Waals surface area contributed by atoms with E-state index in [-0.39, 0.29) is 30.3 Å². The van der Waals surface area contributed by atoms with Crippen molar-refractivity contribution in [3.05, 3.63) is 152 Å². The number of esters is 2. The maximum Gasteiger partial charge on any atom is 0.338 e. The Morgan fingerprint density at radius 1 is 0.885 bits per heavy atom. The van der Waals surface area contributed by atoms with Crippen LogP contribution in [-0.2, 0) is 20.9 Å². The van der Waals surface area contributed by atoms with Crippen LogP contribution in [0.4, 0.5) is 0 Å². The quantitative estimate of drug-likeness (QED) is 0.0947.